The Morgan fingerprint density at radius 1 is 1.60 bits per heavy atom. The number of fused-ring (bicyclic) bond motifs is 1. The van der Waals surface area contributed by atoms with Crippen LogP contribution >= 0.6 is 11.6 Å². The quantitative estimate of drug-likeness (QED) is 0.527. The fourth-order valence-electron chi connectivity index (χ4n) is 2.13. The Kier molecular flexibility index (Phi) is 4.26. The van der Waals surface area contributed by atoms with Crippen LogP contribution in [0, 0.1) is 18.3 Å². The number of esters is 1. The highest BCUT2D eigenvalue weighted by Gasteiger charge is 2.22. The minimum atomic E-state index is -0.623. The molecule has 1 N–H and O–H groups in total. The molecular weight excluding hydrogens is 278 g/mol. The number of ether oxygens (including phenoxy) is 1. The van der Waals surface area contributed by atoms with Crippen molar-refractivity contribution in [3.8, 4) is 6.07 Å². The van der Waals surface area contributed by atoms with Crippen molar-refractivity contribution < 1.29 is 9.53 Å². The SMILES string of the molecule is CCOC(=O)C(C#N)=CC1=C(Cl)c2c(n[nH]c2C)CC1. The smallest absolute Gasteiger partial charge is 0.348 e. The predicted molar refractivity (Wildman–Crippen MR) is 74.7 cm³/mol. The summed E-state index contributed by atoms with van der Waals surface area (Å²) in [6.07, 6.45) is 2.87. The molecule has 0 unspecified atom stereocenters. The first-order valence-corrected chi connectivity index (χ1v) is 6.68. The number of allylic oxidation sites excluding steroid dienone is 2. The molecule has 0 spiro atoms. The van der Waals surface area contributed by atoms with Gasteiger partial charge in [-0.2, -0.15) is 10.4 Å². The Morgan fingerprint density at radius 3 is 3.00 bits per heavy atom. The minimum absolute atomic E-state index is 0.0374. The number of aromatic amines is 1. The van der Waals surface area contributed by atoms with Crippen molar-refractivity contribution in [2.45, 2.75) is 26.7 Å². The van der Waals surface area contributed by atoms with Gasteiger partial charge in [-0.25, -0.2) is 4.79 Å². The van der Waals surface area contributed by atoms with E-state index in [-0.39, 0.29) is 12.2 Å². The number of aromatic nitrogens is 2. The molecule has 5 nitrogen and oxygen atoms in total. The third-order valence-corrected chi connectivity index (χ3v) is 3.52. The number of nitrogens with one attached hydrogen (secondary N) is 1. The Labute approximate surface area is 121 Å². The maximum Gasteiger partial charge on any atom is 0.348 e. The summed E-state index contributed by atoms with van der Waals surface area (Å²) in [5.41, 5.74) is 3.38. The van der Waals surface area contributed by atoms with E-state index in [4.69, 9.17) is 21.6 Å². The molecule has 0 bridgehead atoms. The van der Waals surface area contributed by atoms with Crippen molar-refractivity contribution in [2.75, 3.05) is 6.61 Å². The summed E-state index contributed by atoms with van der Waals surface area (Å²) in [5.74, 6) is -0.623. The van der Waals surface area contributed by atoms with Gasteiger partial charge < -0.3 is 4.74 Å². The van der Waals surface area contributed by atoms with Crippen LogP contribution in [0.15, 0.2) is 17.2 Å². The maximum atomic E-state index is 11.6. The number of aryl methyl sites for hydroxylation is 2. The molecule has 0 amide bonds. The third kappa shape index (κ3) is 2.61. The number of carbonyl (C=O) groups is 1. The zero-order chi connectivity index (χ0) is 14.7. The summed E-state index contributed by atoms with van der Waals surface area (Å²) in [6.45, 7) is 3.81. The number of H-pyrrole nitrogens is 1. The molecule has 1 heterocycles. The van der Waals surface area contributed by atoms with Gasteiger partial charge in [-0.05, 0) is 38.3 Å². The lowest BCUT2D eigenvalue weighted by molar-refractivity contribution is -0.138. The summed E-state index contributed by atoms with van der Waals surface area (Å²) in [5, 5.41) is 16.7. The van der Waals surface area contributed by atoms with Crippen molar-refractivity contribution in [3.05, 3.63) is 34.2 Å². The first-order valence-electron chi connectivity index (χ1n) is 6.30. The van der Waals surface area contributed by atoms with Crippen LogP contribution in [0.4, 0.5) is 0 Å². The van der Waals surface area contributed by atoms with Crippen molar-refractivity contribution in [2.24, 2.45) is 0 Å². The van der Waals surface area contributed by atoms with Gasteiger partial charge in [0.25, 0.3) is 0 Å². The number of nitriles is 1. The van der Waals surface area contributed by atoms with E-state index in [1.807, 2.05) is 13.0 Å². The Bertz CT molecular complexity index is 650. The standard InChI is InChI=1S/C14H14ClN3O2/c1-3-20-14(19)10(7-16)6-9-4-5-11-12(13(9)15)8(2)17-18-11/h6H,3-5H2,1-2H3,(H,17,18). The second-order valence-corrected chi connectivity index (χ2v) is 4.78. The van der Waals surface area contributed by atoms with Gasteiger partial charge in [0.15, 0.2) is 0 Å². The fourth-order valence-corrected chi connectivity index (χ4v) is 2.53. The molecule has 104 valence electrons. The van der Waals surface area contributed by atoms with Gasteiger partial charge in [0.2, 0.25) is 0 Å². The van der Waals surface area contributed by atoms with Gasteiger partial charge in [0.05, 0.1) is 17.3 Å². The maximum absolute atomic E-state index is 11.6. The zero-order valence-corrected chi connectivity index (χ0v) is 12.0. The largest absolute Gasteiger partial charge is 0.462 e. The Hall–Kier alpha value is -2.06. The van der Waals surface area contributed by atoms with E-state index in [0.29, 0.717) is 11.5 Å². The van der Waals surface area contributed by atoms with E-state index in [1.54, 1.807) is 6.92 Å². The second kappa shape index (κ2) is 5.93. The van der Waals surface area contributed by atoms with Crippen molar-refractivity contribution in [1.82, 2.24) is 10.2 Å². The van der Waals surface area contributed by atoms with Crippen molar-refractivity contribution in [3.63, 3.8) is 0 Å². The topological polar surface area (TPSA) is 78.8 Å². The molecule has 0 saturated carbocycles. The molecule has 20 heavy (non-hydrogen) atoms. The summed E-state index contributed by atoms with van der Waals surface area (Å²) in [4.78, 5) is 11.6. The van der Waals surface area contributed by atoms with Gasteiger partial charge in [-0.15, -0.1) is 0 Å². The van der Waals surface area contributed by atoms with Gasteiger partial charge >= 0.3 is 5.97 Å². The van der Waals surface area contributed by atoms with E-state index in [1.165, 1.54) is 6.08 Å². The number of halogens is 1. The van der Waals surface area contributed by atoms with E-state index in [9.17, 15) is 4.79 Å². The molecule has 0 atom stereocenters. The van der Waals surface area contributed by atoms with Crippen LogP contribution in [0.2, 0.25) is 0 Å². The lowest BCUT2D eigenvalue weighted by Crippen LogP contribution is -2.08. The van der Waals surface area contributed by atoms with Crippen LogP contribution in [-0.4, -0.2) is 22.8 Å². The lowest BCUT2D eigenvalue weighted by Gasteiger charge is -2.14. The van der Waals surface area contributed by atoms with Crippen LogP contribution in [0.25, 0.3) is 5.03 Å². The van der Waals surface area contributed by atoms with E-state index in [0.717, 1.165) is 28.9 Å². The molecule has 1 aliphatic rings. The highest BCUT2D eigenvalue weighted by molar-refractivity contribution is 6.50. The van der Waals surface area contributed by atoms with Crippen molar-refractivity contribution in [1.29, 1.82) is 5.26 Å². The molecule has 1 aromatic heterocycles. The van der Waals surface area contributed by atoms with Crippen molar-refractivity contribution >= 4 is 22.6 Å². The third-order valence-electron chi connectivity index (χ3n) is 3.09. The molecule has 6 heteroatoms. The van der Waals surface area contributed by atoms with Crippen LogP contribution in [0.1, 0.15) is 30.3 Å². The summed E-state index contributed by atoms with van der Waals surface area (Å²) >= 11 is 6.36. The van der Waals surface area contributed by atoms with Gasteiger partial charge in [0.1, 0.15) is 11.6 Å². The lowest BCUT2D eigenvalue weighted by atomic mass is 9.94. The Balaban J connectivity index is 2.41. The van der Waals surface area contributed by atoms with Gasteiger partial charge in [-0.3, -0.25) is 5.10 Å². The van der Waals surface area contributed by atoms with E-state index in [2.05, 4.69) is 10.2 Å². The monoisotopic (exact) mass is 291 g/mol. The van der Waals surface area contributed by atoms with Crippen LogP contribution < -0.4 is 0 Å². The first kappa shape index (κ1) is 14.4. The summed E-state index contributed by atoms with van der Waals surface area (Å²) < 4.78 is 4.84. The molecule has 1 aliphatic carbocycles. The second-order valence-electron chi connectivity index (χ2n) is 4.40. The number of rotatable bonds is 3. The molecule has 0 saturated heterocycles. The average molecular weight is 292 g/mol. The number of nitrogens with zero attached hydrogens (tertiary/aromatic N) is 2. The Morgan fingerprint density at radius 2 is 2.35 bits per heavy atom. The molecule has 0 radical (unpaired) electrons. The molecule has 0 aliphatic heterocycles. The summed E-state index contributed by atoms with van der Waals surface area (Å²) in [6, 6.07) is 1.86. The fraction of sp³-hybridized carbons (Fsp3) is 0.357. The number of hydrogen-bond donors (Lipinski definition) is 1. The highest BCUT2D eigenvalue weighted by Crippen LogP contribution is 2.35. The van der Waals surface area contributed by atoms with Crippen LogP contribution in [0.3, 0.4) is 0 Å². The average Bonchev–Trinajstić information content (AvgIpc) is 2.80. The van der Waals surface area contributed by atoms with Gasteiger partial charge in [0, 0.05) is 11.3 Å². The normalized spacial score (nSPS) is 14.8. The van der Waals surface area contributed by atoms with E-state index < -0.39 is 5.97 Å². The van der Waals surface area contributed by atoms with Gasteiger partial charge in [-0.1, -0.05) is 11.6 Å². The molecule has 0 fully saturated rings. The predicted octanol–water partition coefficient (Wildman–Crippen LogP) is 2.63. The zero-order valence-electron chi connectivity index (χ0n) is 11.3. The molecule has 2 rings (SSSR count). The molecule has 1 aromatic rings. The molecule has 0 aromatic carbocycles. The first-order chi connectivity index (χ1) is 9.58. The van der Waals surface area contributed by atoms with Crippen LogP contribution in [0.5, 0.6) is 0 Å². The highest BCUT2D eigenvalue weighted by atomic mass is 35.5. The minimum Gasteiger partial charge on any atom is -0.462 e. The number of hydrogen-bond acceptors (Lipinski definition) is 4. The summed E-state index contributed by atoms with van der Waals surface area (Å²) in [7, 11) is 0. The van der Waals surface area contributed by atoms with E-state index >= 15 is 0 Å². The number of carbonyl (C=O) groups excluding carboxylic acids is 1. The van der Waals surface area contributed by atoms with Crippen LogP contribution in [-0.2, 0) is 16.0 Å². The molecular formula is C14H14ClN3O2.